The Balaban J connectivity index is 2.63. The molecule has 0 bridgehead atoms. The summed E-state index contributed by atoms with van der Waals surface area (Å²) in [5, 5.41) is 0. The Morgan fingerprint density at radius 3 is 1.58 bits per heavy atom. The zero-order valence-electron chi connectivity index (χ0n) is 8.53. The first-order valence-electron chi connectivity index (χ1n) is 4.57. The van der Waals surface area contributed by atoms with Crippen LogP contribution in [0.3, 0.4) is 0 Å². The van der Waals surface area contributed by atoms with E-state index in [-0.39, 0.29) is 12.2 Å². The fourth-order valence-electron chi connectivity index (χ4n) is 1.84. The summed E-state index contributed by atoms with van der Waals surface area (Å²) in [7, 11) is 0. The largest absolute Gasteiger partial charge is 0.323 e. The minimum Gasteiger partial charge on any atom is -0.302 e. The molecule has 3 nitrogen and oxygen atoms in total. The summed E-state index contributed by atoms with van der Waals surface area (Å²) in [6.07, 6.45) is 0.275. The molecule has 0 N–H and O–H groups in total. The lowest BCUT2D eigenvalue weighted by molar-refractivity contribution is -0.0299. The first kappa shape index (κ1) is 9.36. The van der Waals surface area contributed by atoms with Gasteiger partial charge in [0.2, 0.25) is 0 Å². The van der Waals surface area contributed by atoms with E-state index in [0.717, 1.165) is 0 Å². The molecule has 1 saturated heterocycles. The molecule has 0 aliphatic carbocycles. The standard InChI is InChI=1S/C9H18N2O/c1-6(2)10-8(5)11(7(3)4)9(10)12/h6-8H,1-5H3. The molecule has 0 spiro atoms. The van der Waals surface area contributed by atoms with Crippen molar-refractivity contribution in [3.05, 3.63) is 0 Å². The Bertz CT molecular complexity index is 171. The van der Waals surface area contributed by atoms with Crippen molar-refractivity contribution in [2.75, 3.05) is 0 Å². The monoisotopic (exact) mass is 170 g/mol. The lowest BCUT2D eigenvalue weighted by Crippen LogP contribution is -2.70. The molecule has 0 aromatic heterocycles. The normalized spacial score (nSPS) is 19.4. The molecule has 0 aromatic rings. The van der Waals surface area contributed by atoms with Crippen molar-refractivity contribution in [2.24, 2.45) is 0 Å². The van der Waals surface area contributed by atoms with Crippen LogP contribution in [-0.2, 0) is 0 Å². The number of nitrogens with zero attached hydrogens (tertiary/aromatic N) is 2. The molecule has 3 heteroatoms. The van der Waals surface area contributed by atoms with Gasteiger partial charge in [0, 0.05) is 12.1 Å². The summed E-state index contributed by atoms with van der Waals surface area (Å²) in [6.45, 7) is 10.3. The number of rotatable bonds is 2. The summed E-state index contributed by atoms with van der Waals surface area (Å²) in [6, 6.07) is 0.817. The van der Waals surface area contributed by atoms with Gasteiger partial charge >= 0.3 is 6.03 Å². The lowest BCUT2D eigenvalue weighted by atomic mass is 10.1. The van der Waals surface area contributed by atoms with Gasteiger partial charge in [-0.05, 0) is 34.6 Å². The molecular formula is C9H18N2O. The molecule has 0 saturated carbocycles. The molecule has 1 aliphatic rings. The van der Waals surface area contributed by atoms with Gasteiger partial charge in [-0.2, -0.15) is 0 Å². The summed E-state index contributed by atoms with van der Waals surface area (Å²) >= 11 is 0. The van der Waals surface area contributed by atoms with Gasteiger partial charge in [0.25, 0.3) is 0 Å². The highest BCUT2D eigenvalue weighted by Crippen LogP contribution is 2.26. The zero-order valence-corrected chi connectivity index (χ0v) is 8.53. The van der Waals surface area contributed by atoms with Crippen molar-refractivity contribution in [3.8, 4) is 0 Å². The topological polar surface area (TPSA) is 23.6 Å². The smallest absolute Gasteiger partial charge is 0.302 e. The number of carbonyl (C=O) groups excluding carboxylic acids is 1. The van der Waals surface area contributed by atoms with E-state index in [0.29, 0.717) is 12.1 Å². The van der Waals surface area contributed by atoms with Gasteiger partial charge in [0.1, 0.15) is 6.17 Å². The Labute approximate surface area is 74.3 Å². The van der Waals surface area contributed by atoms with Crippen molar-refractivity contribution in [1.29, 1.82) is 0 Å². The van der Waals surface area contributed by atoms with Crippen LogP contribution in [-0.4, -0.2) is 34.1 Å². The van der Waals surface area contributed by atoms with Crippen LogP contribution < -0.4 is 0 Å². The Kier molecular flexibility index (Phi) is 2.31. The number of hydrogen-bond acceptors (Lipinski definition) is 1. The van der Waals surface area contributed by atoms with Crippen molar-refractivity contribution in [3.63, 3.8) is 0 Å². The third kappa shape index (κ3) is 1.17. The van der Waals surface area contributed by atoms with E-state index >= 15 is 0 Å². The third-order valence-electron chi connectivity index (χ3n) is 2.36. The number of carbonyl (C=O) groups is 1. The molecule has 0 radical (unpaired) electrons. The molecule has 0 atom stereocenters. The average molecular weight is 170 g/mol. The van der Waals surface area contributed by atoms with Gasteiger partial charge < -0.3 is 9.80 Å². The summed E-state index contributed by atoms with van der Waals surface area (Å²) in [5.41, 5.74) is 0. The van der Waals surface area contributed by atoms with Crippen molar-refractivity contribution in [2.45, 2.75) is 52.9 Å². The van der Waals surface area contributed by atoms with E-state index in [2.05, 4.69) is 6.92 Å². The lowest BCUT2D eigenvalue weighted by Gasteiger charge is -2.53. The molecule has 1 aliphatic heterocycles. The van der Waals surface area contributed by atoms with Crippen LogP contribution in [0.25, 0.3) is 0 Å². The van der Waals surface area contributed by atoms with Crippen molar-refractivity contribution in [1.82, 2.24) is 9.80 Å². The SMILES string of the molecule is CC(C)N1C(=O)N(C(C)C)C1C. The van der Waals surface area contributed by atoms with Crippen molar-refractivity contribution < 1.29 is 4.79 Å². The highest BCUT2D eigenvalue weighted by Gasteiger charge is 2.43. The minimum atomic E-state index is 0.174. The molecule has 12 heavy (non-hydrogen) atoms. The molecular weight excluding hydrogens is 152 g/mol. The maximum atomic E-state index is 11.5. The highest BCUT2D eigenvalue weighted by molar-refractivity contribution is 5.81. The highest BCUT2D eigenvalue weighted by atomic mass is 16.2. The molecule has 2 amide bonds. The molecule has 0 aromatic carbocycles. The minimum absolute atomic E-state index is 0.174. The van der Waals surface area contributed by atoms with Gasteiger partial charge in [0.05, 0.1) is 0 Å². The number of amides is 2. The van der Waals surface area contributed by atoms with Gasteiger partial charge in [-0.1, -0.05) is 0 Å². The predicted octanol–water partition coefficient (Wildman–Crippen LogP) is 1.89. The fourth-order valence-corrected chi connectivity index (χ4v) is 1.84. The fraction of sp³-hybridized carbons (Fsp3) is 0.889. The van der Waals surface area contributed by atoms with E-state index in [9.17, 15) is 4.79 Å². The summed E-state index contributed by atoms with van der Waals surface area (Å²) in [4.78, 5) is 15.3. The second-order valence-electron chi connectivity index (χ2n) is 3.92. The Morgan fingerprint density at radius 2 is 1.42 bits per heavy atom. The van der Waals surface area contributed by atoms with E-state index in [1.807, 2.05) is 37.5 Å². The van der Waals surface area contributed by atoms with Crippen LogP contribution in [0.2, 0.25) is 0 Å². The maximum absolute atomic E-state index is 11.5. The van der Waals surface area contributed by atoms with Crippen LogP contribution in [0.4, 0.5) is 4.79 Å². The molecule has 1 rings (SSSR count). The van der Waals surface area contributed by atoms with E-state index < -0.39 is 0 Å². The second kappa shape index (κ2) is 2.96. The number of urea groups is 1. The first-order chi connectivity index (χ1) is 5.46. The molecule has 1 fully saturated rings. The van der Waals surface area contributed by atoms with Crippen LogP contribution in [0.15, 0.2) is 0 Å². The maximum Gasteiger partial charge on any atom is 0.323 e. The number of hydrogen-bond donors (Lipinski definition) is 0. The quantitative estimate of drug-likeness (QED) is 0.620. The molecule has 1 heterocycles. The van der Waals surface area contributed by atoms with E-state index in [4.69, 9.17) is 0 Å². The van der Waals surface area contributed by atoms with Crippen LogP contribution in [0, 0.1) is 0 Å². The van der Waals surface area contributed by atoms with Crippen LogP contribution >= 0.6 is 0 Å². The predicted molar refractivity (Wildman–Crippen MR) is 48.8 cm³/mol. The zero-order chi connectivity index (χ0) is 9.46. The Morgan fingerprint density at radius 1 is 1.08 bits per heavy atom. The summed E-state index contributed by atoms with van der Waals surface area (Å²) in [5.74, 6) is 0. The van der Waals surface area contributed by atoms with Crippen LogP contribution in [0.5, 0.6) is 0 Å². The first-order valence-corrected chi connectivity index (χ1v) is 4.57. The van der Waals surface area contributed by atoms with Gasteiger partial charge in [-0.3, -0.25) is 0 Å². The molecule has 0 unspecified atom stereocenters. The van der Waals surface area contributed by atoms with E-state index in [1.54, 1.807) is 0 Å². The van der Waals surface area contributed by atoms with Gasteiger partial charge in [-0.25, -0.2) is 4.79 Å². The average Bonchev–Trinajstić information content (AvgIpc) is 1.84. The third-order valence-corrected chi connectivity index (χ3v) is 2.36. The van der Waals surface area contributed by atoms with Crippen molar-refractivity contribution >= 4 is 6.03 Å². The van der Waals surface area contributed by atoms with Gasteiger partial charge in [0.15, 0.2) is 0 Å². The Hall–Kier alpha value is -0.730. The summed E-state index contributed by atoms with van der Waals surface area (Å²) < 4.78 is 0. The van der Waals surface area contributed by atoms with E-state index in [1.165, 1.54) is 0 Å². The second-order valence-corrected chi connectivity index (χ2v) is 3.92. The molecule has 70 valence electrons. The van der Waals surface area contributed by atoms with Crippen LogP contribution in [0.1, 0.15) is 34.6 Å². The van der Waals surface area contributed by atoms with Gasteiger partial charge in [-0.15, -0.1) is 0 Å².